The molecule has 3 heterocycles. The highest BCUT2D eigenvalue weighted by atomic mass is 16.6. The van der Waals surface area contributed by atoms with E-state index < -0.39 is 11.6 Å². The third-order valence-corrected chi connectivity index (χ3v) is 6.39. The van der Waals surface area contributed by atoms with Gasteiger partial charge in [0, 0.05) is 28.6 Å². The van der Waals surface area contributed by atoms with Crippen LogP contribution in [0.3, 0.4) is 0 Å². The Hall–Kier alpha value is -3.47. The van der Waals surface area contributed by atoms with Gasteiger partial charge in [-0.05, 0) is 42.7 Å². The summed E-state index contributed by atoms with van der Waals surface area (Å²) in [6, 6.07) is 10.2. The Kier molecular flexibility index (Phi) is 5.59. The van der Waals surface area contributed by atoms with Crippen LogP contribution >= 0.6 is 0 Å². The number of hydrogen-bond acceptors (Lipinski definition) is 5. The number of esters is 1. The molecule has 32 heavy (non-hydrogen) atoms. The minimum absolute atomic E-state index is 0.181. The van der Waals surface area contributed by atoms with Gasteiger partial charge in [-0.2, -0.15) is 0 Å². The smallest absolute Gasteiger partial charge is 0.306 e. The number of benzene rings is 1. The largest absolute Gasteiger partial charge is 0.446 e. The number of nitrogens with zero attached hydrogens (tertiary/aromatic N) is 2. The molecule has 1 unspecified atom stereocenters. The standard InChI is InChI=1S/C27H28N2O3/c1-6-20-17(5)29-16-19-14-18-12-10-11-13-22(18)28-26(19)23(29)15-21(20)27(9-4,24(30)7-2)32-25(31)8-3/h7,10-15H,2,5-6,8-9,16H2,1,3-4H3. The number of pyridine rings is 1. The van der Waals surface area contributed by atoms with Crippen LogP contribution < -0.4 is 0 Å². The van der Waals surface area contributed by atoms with Gasteiger partial charge in [0.15, 0.2) is 5.60 Å². The van der Waals surface area contributed by atoms with Crippen molar-refractivity contribution in [3.63, 3.8) is 0 Å². The van der Waals surface area contributed by atoms with Crippen molar-refractivity contribution >= 4 is 28.4 Å². The SMILES string of the molecule is C=CC(=O)C(CC)(OC(=O)CC)C1=C(CC)C(=C)N2Cc3cc4ccccc4nc3C2=C1. The van der Waals surface area contributed by atoms with Crippen molar-refractivity contribution in [2.24, 2.45) is 0 Å². The average Bonchev–Trinajstić information content (AvgIpc) is 3.18. The first kappa shape index (κ1) is 21.8. The lowest BCUT2D eigenvalue weighted by molar-refractivity contribution is -0.161. The summed E-state index contributed by atoms with van der Waals surface area (Å²) in [6.07, 6.45) is 4.35. The molecule has 4 rings (SSSR count). The van der Waals surface area contributed by atoms with Crippen molar-refractivity contribution < 1.29 is 14.3 Å². The molecule has 0 N–H and O–H groups in total. The van der Waals surface area contributed by atoms with E-state index >= 15 is 0 Å². The minimum Gasteiger partial charge on any atom is -0.446 e. The second-order valence-corrected chi connectivity index (χ2v) is 8.07. The zero-order chi connectivity index (χ0) is 23.0. The maximum absolute atomic E-state index is 13.2. The first-order chi connectivity index (χ1) is 15.4. The van der Waals surface area contributed by atoms with Crippen molar-refractivity contribution in [3.05, 3.63) is 83.7 Å². The summed E-state index contributed by atoms with van der Waals surface area (Å²) < 4.78 is 5.87. The summed E-state index contributed by atoms with van der Waals surface area (Å²) in [6.45, 7) is 14.3. The van der Waals surface area contributed by atoms with Crippen LogP contribution in [0, 0.1) is 0 Å². The molecule has 164 valence electrons. The second-order valence-electron chi connectivity index (χ2n) is 8.07. The van der Waals surface area contributed by atoms with Crippen LogP contribution in [-0.2, 0) is 20.9 Å². The van der Waals surface area contributed by atoms with E-state index in [0.29, 0.717) is 25.0 Å². The molecule has 1 aromatic heterocycles. The summed E-state index contributed by atoms with van der Waals surface area (Å²) >= 11 is 0. The molecule has 2 aliphatic heterocycles. The van der Waals surface area contributed by atoms with Crippen LogP contribution in [0.2, 0.25) is 0 Å². The Morgan fingerprint density at radius 2 is 2.00 bits per heavy atom. The van der Waals surface area contributed by atoms with Crippen molar-refractivity contribution in [2.75, 3.05) is 0 Å². The van der Waals surface area contributed by atoms with Gasteiger partial charge in [0.25, 0.3) is 0 Å². The van der Waals surface area contributed by atoms with Gasteiger partial charge in [-0.1, -0.05) is 52.1 Å². The topological polar surface area (TPSA) is 59.5 Å². The van der Waals surface area contributed by atoms with E-state index in [2.05, 4.69) is 30.2 Å². The molecule has 0 radical (unpaired) electrons. The number of fused-ring (bicyclic) bond motifs is 4. The van der Waals surface area contributed by atoms with Gasteiger partial charge in [0.05, 0.1) is 23.5 Å². The summed E-state index contributed by atoms with van der Waals surface area (Å²) in [5.41, 5.74) is 4.73. The molecule has 5 nitrogen and oxygen atoms in total. The monoisotopic (exact) mass is 428 g/mol. The molecule has 0 aliphatic carbocycles. The van der Waals surface area contributed by atoms with E-state index in [1.807, 2.05) is 38.1 Å². The molecule has 0 spiro atoms. The zero-order valence-electron chi connectivity index (χ0n) is 18.9. The van der Waals surface area contributed by atoms with Gasteiger partial charge >= 0.3 is 5.97 Å². The van der Waals surface area contributed by atoms with E-state index in [1.54, 1.807) is 6.92 Å². The van der Waals surface area contributed by atoms with Gasteiger partial charge in [-0.25, -0.2) is 4.98 Å². The highest BCUT2D eigenvalue weighted by molar-refractivity contribution is 6.02. The highest BCUT2D eigenvalue weighted by Crippen LogP contribution is 2.46. The summed E-state index contributed by atoms with van der Waals surface area (Å²) in [7, 11) is 0. The normalized spacial score (nSPS) is 16.9. The van der Waals surface area contributed by atoms with Crippen LogP contribution in [-0.4, -0.2) is 27.2 Å². The fraction of sp³-hybridized carbons (Fsp3) is 0.296. The molecule has 2 aliphatic rings. The first-order valence-electron chi connectivity index (χ1n) is 11.1. The molecule has 0 amide bonds. The van der Waals surface area contributed by atoms with Crippen molar-refractivity contribution in [1.82, 2.24) is 9.88 Å². The molecule has 0 fully saturated rings. The molecule has 2 aromatic rings. The van der Waals surface area contributed by atoms with Crippen LogP contribution in [0.15, 0.2) is 72.5 Å². The van der Waals surface area contributed by atoms with Gasteiger partial charge < -0.3 is 9.64 Å². The van der Waals surface area contributed by atoms with E-state index in [1.165, 1.54) is 6.08 Å². The second kappa shape index (κ2) is 8.23. The molecular weight excluding hydrogens is 400 g/mol. The number of aromatic nitrogens is 1. The predicted octanol–water partition coefficient (Wildman–Crippen LogP) is 5.48. The number of carbonyl (C=O) groups is 2. The van der Waals surface area contributed by atoms with Crippen LogP contribution in [0.4, 0.5) is 0 Å². The third-order valence-electron chi connectivity index (χ3n) is 6.39. The number of ether oxygens (including phenoxy) is 1. The number of rotatable bonds is 7. The minimum atomic E-state index is -1.43. The van der Waals surface area contributed by atoms with Gasteiger partial charge in [0.1, 0.15) is 0 Å². The molecule has 0 saturated heterocycles. The quantitative estimate of drug-likeness (QED) is 0.432. The van der Waals surface area contributed by atoms with Crippen molar-refractivity contribution in [3.8, 4) is 0 Å². The van der Waals surface area contributed by atoms with Gasteiger partial charge in [-0.15, -0.1) is 0 Å². The van der Waals surface area contributed by atoms with Crippen molar-refractivity contribution in [1.29, 1.82) is 0 Å². The van der Waals surface area contributed by atoms with E-state index in [-0.39, 0.29) is 12.2 Å². The fourth-order valence-corrected chi connectivity index (χ4v) is 4.68. The Bertz CT molecular complexity index is 1220. The van der Waals surface area contributed by atoms with E-state index in [9.17, 15) is 9.59 Å². The molecule has 1 atom stereocenters. The number of allylic oxidation sites excluding steroid dienone is 1. The van der Waals surface area contributed by atoms with E-state index in [0.717, 1.165) is 39.1 Å². The van der Waals surface area contributed by atoms with Crippen LogP contribution in [0.1, 0.15) is 51.3 Å². The lowest BCUT2D eigenvalue weighted by Gasteiger charge is -2.38. The first-order valence-corrected chi connectivity index (χ1v) is 11.1. The van der Waals surface area contributed by atoms with Crippen LogP contribution in [0.5, 0.6) is 0 Å². The van der Waals surface area contributed by atoms with Crippen LogP contribution in [0.25, 0.3) is 16.6 Å². The number of para-hydroxylation sites is 1. The fourth-order valence-electron chi connectivity index (χ4n) is 4.68. The third kappa shape index (κ3) is 3.20. The zero-order valence-corrected chi connectivity index (χ0v) is 18.9. The Morgan fingerprint density at radius 1 is 1.25 bits per heavy atom. The Labute approximate surface area is 188 Å². The maximum atomic E-state index is 13.2. The van der Waals surface area contributed by atoms with Crippen molar-refractivity contribution in [2.45, 2.75) is 52.2 Å². The summed E-state index contributed by atoms with van der Waals surface area (Å²) in [4.78, 5) is 32.6. The lowest BCUT2D eigenvalue weighted by Crippen LogP contribution is -2.45. The maximum Gasteiger partial charge on any atom is 0.306 e. The Balaban J connectivity index is 1.95. The molecule has 5 heteroatoms. The highest BCUT2D eigenvalue weighted by Gasteiger charge is 2.46. The van der Waals surface area contributed by atoms with Gasteiger partial charge in [0.2, 0.25) is 5.78 Å². The summed E-state index contributed by atoms with van der Waals surface area (Å²) in [5.74, 6) is -0.752. The average molecular weight is 429 g/mol. The summed E-state index contributed by atoms with van der Waals surface area (Å²) in [5, 5.41) is 1.09. The number of hydrogen-bond donors (Lipinski definition) is 0. The number of ketones is 1. The molecule has 0 saturated carbocycles. The number of carbonyl (C=O) groups excluding carboxylic acids is 2. The lowest BCUT2D eigenvalue weighted by atomic mass is 9.79. The molecular formula is C27H28N2O3. The van der Waals surface area contributed by atoms with E-state index in [4.69, 9.17) is 9.72 Å². The Morgan fingerprint density at radius 3 is 2.66 bits per heavy atom. The molecule has 1 aromatic carbocycles. The van der Waals surface area contributed by atoms with Gasteiger partial charge in [-0.3, -0.25) is 9.59 Å². The predicted molar refractivity (Wildman–Crippen MR) is 126 cm³/mol. The molecule has 0 bridgehead atoms.